The molecule has 3 heteroatoms. The Morgan fingerprint density at radius 1 is 1.38 bits per heavy atom. The SMILES string of the molecule is CCC(C)(CNC)CN(C)CCOC(C)C. The molecule has 0 aromatic carbocycles. The second-order valence-corrected chi connectivity index (χ2v) is 5.35. The van der Waals surface area contributed by atoms with Crippen LogP contribution in [0.1, 0.15) is 34.1 Å². The van der Waals surface area contributed by atoms with E-state index in [1.165, 1.54) is 6.42 Å². The number of nitrogens with one attached hydrogen (secondary N) is 1. The molecule has 0 saturated heterocycles. The van der Waals surface area contributed by atoms with Crippen molar-refractivity contribution in [2.75, 3.05) is 40.3 Å². The molecule has 0 aliphatic carbocycles. The molecule has 98 valence electrons. The van der Waals surface area contributed by atoms with Gasteiger partial charge in [0.2, 0.25) is 0 Å². The van der Waals surface area contributed by atoms with Gasteiger partial charge in [-0.15, -0.1) is 0 Å². The van der Waals surface area contributed by atoms with Crippen LogP contribution in [-0.2, 0) is 4.74 Å². The predicted molar refractivity (Wildman–Crippen MR) is 70.9 cm³/mol. The van der Waals surface area contributed by atoms with Crippen molar-refractivity contribution in [3.8, 4) is 0 Å². The molecule has 1 N–H and O–H groups in total. The number of hydrogen-bond acceptors (Lipinski definition) is 3. The number of rotatable bonds is 9. The maximum atomic E-state index is 5.56. The van der Waals surface area contributed by atoms with Crippen molar-refractivity contribution >= 4 is 0 Å². The molecule has 0 aliphatic heterocycles. The summed E-state index contributed by atoms with van der Waals surface area (Å²) in [6, 6.07) is 0. The molecule has 0 radical (unpaired) electrons. The van der Waals surface area contributed by atoms with Gasteiger partial charge in [0, 0.05) is 19.6 Å². The molecule has 0 aliphatic rings. The molecule has 1 unspecified atom stereocenters. The van der Waals surface area contributed by atoms with Crippen LogP contribution in [0.5, 0.6) is 0 Å². The van der Waals surface area contributed by atoms with Gasteiger partial charge in [-0.25, -0.2) is 0 Å². The minimum atomic E-state index is 0.336. The zero-order valence-electron chi connectivity index (χ0n) is 12.0. The van der Waals surface area contributed by atoms with Gasteiger partial charge in [0.05, 0.1) is 12.7 Å². The lowest BCUT2D eigenvalue weighted by molar-refractivity contribution is 0.0554. The number of ether oxygens (including phenoxy) is 1. The van der Waals surface area contributed by atoms with Crippen LogP contribution < -0.4 is 5.32 Å². The maximum absolute atomic E-state index is 5.56. The zero-order chi connectivity index (χ0) is 12.6. The topological polar surface area (TPSA) is 24.5 Å². The molecule has 0 aromatic rings. The molecule has 16 heavy (non-hydrogen) atoms. The predicted octanol–water partition coefficient (Wildman–Crippen LogP) is 1.98. The van der Waals surface area contributed by atoms with Crippen molar-refractivity contribution in [2.45, 2.75) is 40.2 Å². The monoisotopic (exact) mass is 230 g/mol. The summed E-state index contributed by atoms with van der Waals surface area (Å²) in [6.07, 6.45) is 1.53. The van der Waals surface area contributed by atoms with E-state index in [2.05, 4.69) is 45.0 Å². The molecular weight excluding hydrogens is 200 g/mol. The molecule has 0 bridgehead atoms. The molecule has 0 rings (SSSR count). The van der Waals surface area contributed by atoms with E-state index in [1.807, 2.05) is 7.05 Å². The van der Waals surface area contributed by atoms with E-state index in [9.17, 15) is 0 Å². The fraction of sp³-hybridized carbons (Fsp3) is 1.00. The molecule has 0 amide bonds. The summed E-state index contributed by atoms with van der Waals surface area (Å²) < 4.78 is 5.56. The molecule has 0 spiro atoms. The smallest absolute Gasteiger partial charge is 0.0596 e. The highest BCUT2D eigenvalue weighted by molar-refractivity contribution is 4.77. The van der Waals surface area contributed by atoms with E-state index < -0.39 is 0 Å². The molecule has 3 nitrogen and oxygen atoms in total. The summed E-state index contributed by atoms with van der Waals surface area (Å²) >= 11 is 0. The third kappa shape index (κ3) is 7.20. The molecule has 0 heterocycles. The molecule has 0 aromatic heterocycles. The van der Waals surface area contributed by atoms with Crippen LogP contribution in [0.15, 0.2) is 0 Å². The molecule has 1 atom stereocenters. The van der Waals surface area contributed by atoms with E-state index in [0.717, 1.165) is 26.2 Å². The normalized spacial score (nSPS) is 15.8. The lowest BCUT2D eigenvalue weighted by Crippen LogP contribution is -2.40. The summed E-state index contributed by atoms with van der Waals surface area (Å²) in [4.78, 5) is 2.36. The Labute approximate surface area is 102 Å². The second kappa shape index (κ2) is 8.04. The van der Waals surface area contributed by atoms with E-state index >= 15 is 0 Å². The van der Waals surface area contributed by atoms with Gasteiger partial charge >= 0.3 is 0 Å². The van der Waals surface area contributed by atoms with Crippen molar-refractivity contribution in [3.05, 3.63) is 0 Å². The van der Waals surface area contributed by atoms with Gasteiger partial charge in [-0.1, -0.05) is 13.8 Å². The largest absolute Gasteiger partial charge is 0.377 e. The van der Waals surface area contributed by atoms with E-state index in [-0.39, 0.29) is 0 Å². The lowest BCUT2D eigenvalue weighted by atomic mass is 9.87. The van der Waals surface area contributed by atoms with Crippen LogP contribution in [0.4, 0.5) is 0 Å². The quantitative estimate of drug-likeness (QED) is 0.655. The summed E-state index contributed by atoms with van der Waals surface area (Å²) in [5.74, 6) is 0. The second-order valence-electron chi connectivity index (χ2n) is 5.35. The van der Waals surface area contributed by atoms with Gasteiger partial charge in [0.1, 0.15) is 0 Å². The Kier molecular flexibility index (Phi) is 7.98. The van der Waals surface area contributed by atoms with Gasteiger partial charge < -0.3 is 15.0 Å². The van der Waals surface area contributed by atoms with Crippen LogP contribution in [0.2, 0.25) is 0 Å². The first-order chi connectivity index (χ1) is 7.43. The highest BCUT2D eigenvalue weighted by Gasteiger charge is 2.22. The standard InChI is InChI=1S/C13H30N2O/c1-7-13(4,10-14-5)11-15(6)8-9-16-12(2)3/h12,14H,7-11H2,1-6H3. The van der Waals surface area contributed by atoms with E-state index in [4.69, 9.17) is 4.74 Å². The minimum absolute atomic E-state index is 0.336. The van der Waals surface area contributed by atoms with Crippen molar-refractivity contribution in [1.29, 1.82) is 0 Å². The van der Waals surface area contributed by atoms with Crippen LogP contribution in [0.3, 0.4) is 0 Å². The summed E-state index contributed by atoms with van der Waals surface area (Å²) in [5.41, 5.74) is 0.362. The molecule has 0 fully saturated rings. The maximum Gasteiger partial charge on any atom is 0.0596 e. The van der Waals surface area contributed by atoms with Crippen LogP contribution in [0, 0.1) is 5.41 Å². The fourth-order valence-corrected chi connectivity index (χ4v) is 1.89. The lowest BCUT2D eigenvalue weighted by Gasteiger charge is -2.33. The first-order valence-corrected chi connectivity index (χ1v) is 6.38. The average Bonchev–Trinajstić information content (AvgIpc) is 2.17. The van der Waals surface area contributed by atoms with Gasteiger partial charge in [-0.3, -0.25) is 0 Å². The third-order valence-electron chi connectivity index (χ3n) is 3.03. The zero-order valence-corrected chi connectivity index (χ0v) is 12.0. The highest BCUT2D eigenvalue weighted by Crippen LogP contribution is 2.20. The Hall–Kier alpha value is -0.120. The average molecular weight is 230 g/mol. The highest BCUT2D eigenvalue weighted by atomic mass is 16.5. The van der Waals surface area contributed by atoms with Gasteiger partial charge in [0.25, 0.3) is 0 Å². The van der Waals surface area contributed by atoms with E-state index in [0.29, 0.717) is 11.5 Å². The summed E-state index contributed by atoms with van der Waals surface area (Å²) in [6.45, 7) is 12.8. The van der Waals surface area contributed by atoms with Crippen molar-refractivity contribution in [3.63, 3.8) is 0 Å². The third-order valence-corrected chi connectivity index (χ3v) is 3.03. The Morgan fingerprint density at radius 3 is 2.44 bits per heavy atom. The van der Waals surface area contributed by atoms with Crippen molar-refractivity contribution in [2.24, 2.45) is 5.41 Å². The summed E-state index contributed by atoms with van der Waals surface area (Å²) in [7, 11) is 4.20. The van der Waals surface area contributed by atoms with Crippen LogP contribution in [-0.4, -0.2) is 51.3 Å². The molecule has 0 saturated carbocycles. The fourth-order valence-electron chi connectivity index (χ4n) is 1.89. The Bertz CT molecular complexity index is 173. The number of hydrogen-bond donors (Lipinski definition) is 1. The summed E-state index contributed by atoms with van der Waals surface area (Å²) in [5, 5.41) is 3.28. The first-order valence-electron chi connectivity index (χ1n) is 6.38. The first kappa shape index (κ1) is 15.9. The Morgan fingerprint density at radius 2 is 2.00 bits per heavy atom. The van der Waals surface area contributed by atoms with Crippen molar-refractivity contribution < 1.29 is 4.74 Å². The van der Waals surface area contributed by atoms with E-state index in [1.54, 1.807) is 0 Å². The van der Waals surface area contributed by atoms with Crippen LogP contribution in [0.25, 0.3) is 0 Å². The molecular formula is C13H30N2O. The van der Waals surface area contributed by atoms with Crippen LogP contribution >= 0.6 is 0 Å². The van der Waals surface area contributed by atoms with Gasteiger partial charge in [-0.2, -0.15) is 0 Å². The number of likely N-dealkylation sites (N-methyl/N-ethyl adjacent to an activating group) is 1. The Balaban J connectivity index is 3.86. The van der Waals surface area contributed by atoms with Gasteiger partial charge in [-0.05, 0) is 39.8 Å². The van der Waals surface area contributed by atoms with Gasteiger partial charge in [0.15, 0.2) is 0 Å². The van der Waals surface area contributed by atoms with Crippen molar-refractivity contribution in [1.82, 2.24) is 10.2 Å². The minimum Gasteiger partial charge on any atom is -0.377 e. The number of nitrogens with zero attached hydrogens (tertiary/aromatic N) is 1.